The van der Waals surface area contributed by atoms with Crippen LogP contribution in [0.2, 0.25) is 0 Å². The van der Waals surface area contributed by atoms with Gasteiger partial charge in [0.15, 0.2) is 36.9 Å². The molecule has 0 aliphatic carbocycles. The molecule has 19 nitrogen and oxygen atoms in total. The van der Waals surface area contributed by atoms with E-state index in [1.165, 1.54) is 0 Å². The van der Waals surface area contributed by atoms with Crippen LogP contribution in [0.5, 0.6) is 0 Å². The molecule has 15 atom stereocenters. The molecule has 4 heterocycles. The second-order valence-corrected chi connectivity index (χ2v) is 13.5. The van der Waals surface area contributed by atoms with E-state index in [2.05, 4.69) is 0 Å². The van der Waals surface area contributed by atoms with Gasteiger partial charge in [0.05, 0.1) is 19.8 Å². The Morgan fingerprint density at radius 3 is 1.98 bits per heavy atom. The van der Waals surface area contributed by atoms with Gasteiger partial charge in [0.1, 0.15) is 67.6 Å². The Labute approximate surface area is 304 Å². The highest BCUT2D eigenvalue weighted by atomic mass is 16.8. The lowest BCUT2D eigenvalue weighted by atomic mass is 9.97. The highest BCUT2D eigenvalue weighted by molar-refractivity contribution is 5.67. The fourth-order valence-corrected chi connectivity index (χ4v) is 6.49. The first kappa shape index (κ1) is 41.3. The van der Waals surface area contributed by atoms with Crippen LogP contribution in [-0.4, -0.2) is 161 Å². The minimum Gasteiger partial charge on any atom is -0.463 e. The van der Waals surface area contributed by atoms with E-state index >= 15 is 0 Å². The summed E-state index contributed by atoms with van der Waals surface area (Å²) < 4.78 is 64.5. The molecule has 1 unspecified atom stereocenters. The summed E-state index contributed by atoms with van der Waals surface area (Å²) in [6.07, 6.45) is -21.1. The van der Waals surface area contributed by atoms with Crippen molar-refractivity contribution in [1.82, 2.24) is 0 Å². The number of hydrogen-bond donors (Lipinski definition) is 5. The van der Waals surface area contributed by atoms with Crippen LogP contribution in [0.25, 0.3) is 0 Å². The smallest absolute Gasteiger partial charge is 0.303 e. The molecule has 0 aromatic heterocycles. The fraction of sp³-hybridized carbons (Fsp3) is 0.735. The van der Waals surface area contributed by atoms with Gasteiger partial charge in [-0.15, -0.1) is 0 Å². The van der Waals surface area contributed by atoms with Crippen LogP contribution in [0, 0.1) is 0 Å². The monoisotopic (exact) mass is 760 g/mol. The summed E-state index contributed by atoms with van der Waals surface area (Å²) in [7, 11) is 0. The van der Waals surface area contributed by atoms with E-state index in [0.717, 1.165) is 20.8 Å². The number of ether oxygens (including phenoxy) is 11. The van der Waals surface area contributed by atoms with Crippen LogP contribution in [-0.2, 0) is 66.5 Å². The van der Waals surface area contributed by atoms with Crippen molar-refractivity contribution in [2.45, 2.75) is 133 Å². The summed E-state index contributed by atoms with van der Waals surface area (Å²) in [4.78, 5) is 35.8. The lowest BCUT2D eigenvalue weighted by Gasteiger charge is -2.47. The highest BCUT2D eigenvalue weighted by Gasteiger charge is 2.54. The van der Waals surface area contributed by atoms with Crippen LogP contribution in [0.15, 0.2) is 30.3 Å². The van der Waals surface area contributed by atoms with E-state index in [-0.39, 0.29) is 6.61 Å². The zero-order chi connectivity index (χ0) is 38.6. The minimum absolute atomic E-state index is 0.0329. The van der Waals surface area contributed by atoms with Crippen molar-refractivity contribution in [2.24, 2.45) is 0 Å². The maximum atomic E-state index is 12.1. The number of aliphatic hydroxyl groups is 5. The number of benzene rings is 1. The van der Waals surface area contributed by atoms with E-state index in [1.807, 2.05) is 0 Å². The standard InChI is InChI=1S/C34H48O19/c1-15(36)43-12-20-28(46-16(2)37)30(47-17(3)38)26(42)32(50-20)44-13-21-27(52-33-25(41)24(40)23(39)19(11-35)48-33)29(22-14-45-34(4,5)53-22)51-31(49-21)18-9-7-6-8-10-18/h6-10,19-33,35,39-42H,11-14H2,1-5H3/t19-,20-,21+,22-,23-,24+,25-,26-,27-,28-,29-,30-,31?,32-,33+/m1/s1. The molecule has 0 amide bonds. The molecule has 5 N–H and O–H groups in total. The van der Waals surface area contributed by atoms with Gasteiger partial charge in [0.2, 0.25) is 0 Å². The van der Waals surface area contributed by atoms with Gasteiger partial charge in [-0.3, -0.25) is 14.4 Å². The fourth-order valence-electron chi connectivity index (χ4n) is 6.49. The van der Waals surface area contributed by atoms with Crippen molar-refractivity contribution in [1.29, 1.82) is 0 Å². The molecule has 19 heteroatoms. The third kappa shape index (κ3) is 10.1. The predicted molar refractivity (Wildman–Crippen MR) is 171 cm³/mol. The summed E-state index contributed by atoms with van der Waals surface area (Å²) in [5, 5.41) is 53.0. The van der Waals surface area contributed by atoms with Gasteiger partial charge in [-0.2, -0.15) is 0 Å². The zero-order valence-corrected chi connectivity index (χ0v) is 29.8. The summed E-state index contributed by atoms with van der Waals surface area (Å²) in [5.74, 6) is -3.34. The average molecular weight is 761 g/mol. The minimum atomic E-state index is -1.80. The van der Waals surface area contributed by atoms with Gasteiger partial charge in [-0.1, -0.05) is 30.3 Å². The van der Waals surface area contributed by atoms with Gasteiger partial charge in [0.25, 0.3) is 0 Å². The first-order valence-corrected chi connectivity index (χ1v) is 17.1. The molecule has 4 aliphatic rings. The van der Waals surface area contributed by atoms with Gasteiger partial charge in [0, 0.05) is 26.3 Å². The van der Waals surface area contributed by atoms with Gasteiger partial charge < -0.3 is 77.6 Å². The number of rotatable bonds is 12. The second-order valence-electron chi connectivity index (χ2n) is 13.5. The number of aliphatic hydroxyl groups excluding tert-OH is 5. The van der Waals surface area contributed by atoms with Crippen LogP contribution in [0.1, 0.15) is 46.5 Å². The average Bonchev–Trinajstić information content (AvgIpc) is 3.48. The Kier molecular flexibility index (Phi) is 13.8. The zero-order valence-electron chi connectivity index (χ0n) is 29.8. The predicted octanol–water partition coefficient (Wildman–Crippen LogP) is -1.67. The molecule has 0 spiro atoms. The topological polar surface area (TPSA) is 254 Å². The summed E-state index contributed by atoms with van der Waals surface area (Å²) in [5.41, 5.74) is 0.585. The molecular formula is C34H48O19. The number of carbonyl (C=O) groups excluding carboxylic acids is 3. The van der Waals surface area contributed by atoms with Crippen LogP contribution < -0.4 is 0 Å². The third-order valence-corrected chi connectivity index (χ3v) is 8.97. The summed E-state index contributed by atoms with van der Waals surface area (Å²) in [6.45, 7) is 5.11. The van der Waals surface area contributed by atoms with Crippen LogP contribution >= 0.6 is 0 Å². The SMILES string of the molecule is CC(=O)OC[C@H]1O[C@@H](OC[C@@H]2OC(c3ccccc3)O[C@H]([C@H]3COC(C)(C)O3)[C@@H]2O[C@@H]2O[C@H](CO)[C@@H](O)[C@H](O)[C@H]2O)[C@H](O)[C@@H](OC(C)=O)[C@@H]1OC(C)=O. The van der Waals surface area contributed by atoms with Gasteiger partial charge in [-0.25, -0.2) is 0 Å². The molecule has 0 saturated carbocycles. The molecule has 1 aromatic carbocycles. The largest absolute Gasteiger partial charge is 0.463 e. The molecule has 0 radical (unpaired) electrons. The van der Waals surface area contributed by atoms with Crippen molar-refractivity contribution in [3.05, 3.63) is 35.9 Å². The van der Waals surface area contributed by atoms with Crippen LogP contribution in [0.3, 0.4) is 0 Å². The maximum absolute atomic E-state index is 12.1. The molecule has 53 heavy (non-hydrogen) atoms. The quantitative estimate of drug-likeness (QED) is 0.118. The lowest BCUT2D eigenvalue weighted by molar-refractivity contribution is -0.376. The first-order chi connectivity index (χ1) is 25.1. The Morgan fingerprint density at radius 1 is 0.736 bits per heavy atom. The molecule has 4 aliphatic heterocycles. The third-order valence-electron chi connectivity index (χ3n) is 8.97. The molecule has 4 saturated heterocycles. The Balaban J connectivity index is 1.47. The maximum Gasteiger partial charge on any atom is 0.303 e. The molecule has 0 bridgehead atoms. The van der Waals surface area contributed by atoms with E-state index in [4.69, 9.17) is 52.1 Å². The Bertz CT molecular complexity index is 1380. The molecule has 4 fully saturated rings. The van der Waals surface area contributed by atoms with E-state index < -0.39 is 136 Å². The van der Waals surface area contributed by atoms with Crippen molar-refractivity contribution < 1.29 is 92.0 Å². The van der Waals surface area contributed by atoms with Crippen LogP contribution in [0.4, 0.5) is 0 Å². The molecule has 5 rings (SSSR count). The summed E-state index contributed by atoms with van der Waals surface area (Å²) in [6, 6.07) is 8.83. The lowest BCUT2D eigenvalue weighted by Crippen LogP contribution is -2.64. The van der Waals surface area contributed by atoms with E-state index in [0.29, 0.717) is 5.56 Å². The van der Waals surface area contributed by atoms with Crippen molar-refractivity contribution in [3.63, 3.8) is 0 Å². The highest BCUT2D eigenvalue weighted by Crippen LogP contribution is 2.39. The molecule has 1 aromatic rings. The molecule has 298 valence electrons. The number of carbonyl (C=O) groups is 3. The van der Waals surface area contributed by atoms with E-state index in [9.17, 15) is 39.9 Å². The first-order valence-electron chi connectivity index (χ1n) is 17.1. The molecular weight excluding hydrogens is 712 g/mol. The number of hydrogen-bond acceptors (Lipinski definition) is 19. The number of esters is 3. The van der Waals surface area contributed by atoms with Crippen molar-refractivity contribution in [2.75, 3.05) is 26.4 Å². The van der Waals surface area contributed by atoms with E-state index in [1.54, 1.807) is 44.2 Å². The van der Waals surface area contributed by atoms with Crippen molar-refractivity contribution in [3.8, 4) is 0 Å². The van der Waals surface area contributed by atoms with Gasteiger partial charge >= 0.3 is 17.9 Å². The van der Waals surface area contributed by atoms with Crippen molar-refractivity contribution >= 4 is 17.9 Å². The second kappa shape index (κ2) is 17.7. The van der Waals surface area contributed by atoms with Gasteiger partial charge in [-0.05, 0) is 13.8 Å². The summed E-state index contributed by atoms with van der Waals surface area (Å²) >= 11 is 0. The Morgan fingerprint density at radius 2 is 1.38 bits per heavy atom. The Hall–Kier alpha value is -2.89. The normalized spacial score (nSPS) is 39.9.